The molecule has 0 spiro atoms. The van der Waals surface area contributed by atoms with Gasteiger partial charge in [-0.3, -0.25) is 14.8 Å². The molecule has 3 atom stereocenters. The van der Waals surface area contributed by atoms with E-state index in [4.69, 9.17) is 4.74 Å². The second kappa shape index (κ2) is 11.7. The van der Waals surface area contributed by atoms with E-state index in [2.05, 4.69) is 31.0 Å². The molecule has 6 rings (SSSR count). The van der Waals surface area contributed by atoms with Crippen LogP contribution in [0.2, 0.25) is 0 Å². The van der Waals surface area contributed by atoms with Crippen LogP contribution in [0, 0.1) is 17.2 Å². The van der Waals surface area contributed by atoms with Gasteiger partial charge in [0.1, 0.15) is 6.07 Å². The summed E-state index contributed by atoms with van der Waals surface area (Å²) in [5.74, 6) is -0.0688. The van der Waals surface area contributed by atoms with E-state index in [0.29, 0.717) is 50.8 Å². The second-order valence-corrected chi connectivity index (χ2v) is 10.9. The largest absolute Gasteiger partial charge is 0.416 e. The highest BCUT2D eigenvalue weighted by molar-refractivity contribution is 5.95. The number of hydrogen-bond acceptors (Lipinski definition) is 8. The number of hydrogen-bond donors (Lipinski definition) is 0. The third kappa shape index (κ3) is 5.67. The maximum atomic E-state index is 14.0. The molecule has 9 nitrogen and oxygen atoms in total. The summed E-state index contributed by atoms with van der Waals surface area (Å²) in [6, 6.07) is 9.82. The number of halogens is 3. The number of carbonyl (C=O) groups is 1. The van der Waals surface area contributed by atoms with E-state index in [9.17, 15) is 23.2 Å². The Balaban J connectivity index is 1.45. The Morgan fingerprint density at radius 1 is 1.02 bits per heavy atom. The highest BCUT2D eigenvalue weighted by atomic mass is 19.4. The van der Waals surface area contributed by atoms with Gasteiger partial charge in [0.05, 0.1) is 30.4 Å². The molecule has 42 heavy (non-hydrogen) atoms. The zero-order chi connectivity index (χ0) is 29.3. The van der Waals surface area contributed by atoms with Gasteiger partial charge in [-0.25, -0.2) is 15.0 Å². The number of pyridine rings is 1. The van der Waals surface area contributed by atoms with Crippen LogP contribution in [-0.2, 0) is 10.9 Å². The first-order valence-corrected chi connectivity index (χ1v) is 14.1. The molecule has 1 aromatic carbocycles. The number of amides is 1. The van der Waals surface area contributed by atoms with Gasteiger partial charge in [0.15, 0.2) is 0 Å². The second-order valence-electron chi connectivity index (χ2n) is 10.9. The fourth-order valence-corrected chi connectivity index (χ4v) is 6.30. The molecule has 0 bridgehead atoms. The maximum absolute atomic E-state index is 14.0. The summed E-state index contributed by atoms with van der Waals surface area (Å²) in [6.07, 6.45) is 4.34. The number of ether oxygens (including phenoxy) is 1. The lowest BCUT2D eigenvalue weighted by atomic mass is 9.77. The third-order valence-corrected chi connectivity index (χ3v) is 8.25. The van der Waals surface area contributed by atoms with E-state index in [1.807, 2.05) is 6.07 Å². The Labute approximate surface area is 241 Å². The fourth-order valence-electron chi connectivity index (χ4n) is 6.30. The van der Waals surface area contributed by atoms with Crippen molar-refractivity contribution in [3.63, 3.8) is 0 Å². The summed E-state index contributed by atoms with van der Waals surface area (Å²) >= 11 is 0. The molecule has 1 amide bonds. The van der Waals surface area contributed by atoms with Crippen molar-refractivity contribution >= 4 is 11.9 Å². The summed E-state index contributed by atoms with van der Waals surface area (Å²) in [5.41, 5.74) is 0.351. The van der Waals surface area contributed by atoms with Gasteiger partial charge >= 0.3 is 6.18 Å². The van der Waals surface area contributed by atoms with Gasteiger partial charge in [0.25, 0.3) is 5.91 Å². The molecule has 2 saturated heterocycles. The number of anilines is 1. The third-order valence-electron chi connectivity index (χ3n) is 8.25. The average Bonchev–Trinajstić information content (AvgIpc) is 3.87. The topological polar surface area (TPSA) is 98.5 Å². The average molecular weight is 578 g/mol. The normalized spacial score (nSPS) is 23.3. The molecule has 218 valence electrons. The molecule has 1 aliphatic carbocycles. The first kappa shape index (κ1) is 28.1. The number of likely N-dealkylation sites (tertiary alicyclic amines) is 1. The zero-order valence-corrected chi connectivity index (χ0v) is 22.8. The number of aromatic nitrogens is 3. The molecule has 3 unspecified atom stereocenters. The zero-order valence-electron chi connectivity index (χ0n) is 22.8. The smallest absolute Gasteiger partial charge is 0.379 e. The van der Waals surface area contributed by atoms with Crippen LogP contribution in [0.4, 0.5) is 19.1 Å². The first-order valence-electron chi connectivity index (χ1n) is 14.1. The predicted molar refractivity (Wildman–Crippen MR) is 146 cm³/mol. The molecule has 12 heteroatoms. The number of nitrogens with zero attached hydrogens (tertiary/aromatic N) is 7. The van der Waals surface area contributed by atoms with Crippen molar-refractivity contribution in [2.45, 2.75) is 43.4 Å². The van der Waals surface area contributed by atoms with Crippen molar-refractivity contribution in [1.82, 2.24) is 24.9 Å². The van der Waals surface area contributed by atoms with Gasteiger partial charge in [-0.15, -0.1) is 0 Å². The van der Waals surface area contributed by atoms with Crippen LogP contribution in [0.15, 0.2) is 61.2 Å². The Hall–Kier alpha value is -4.08. The van der Waals surface area contributed by atoms with Gasteiger partial charge < -0.3 is 9.64 Å². The lowest BCUT2D eigenvalue weighted by molar-refractivity contribution is -0.137. The standard InChI is InChI=1S/C30H30F3N7O2/c31-30(32,33)24-4-1-3-22(16-24)28(41)39-10-7-25(40(29-36-8-2-9-37-29)38-11-13-42-14-12-38)26(27(39)21-5-6-21)23-15-20(17-34)18-35-19-23/h1-4,8-9,15-16,18-19,21,25-27H,5-7,10-14H2. The van der Waals surface area contributed by atoms with Gasteiger partial charge in [-0.2, -0.15) is 18.4 Å². The maximum Gasteiger partial charge on any atom is 0.416 e. The SMILES string of the molecule is N#Cc1cncc(C2C(C3CC3)N(C(=O)c3cccc(C(F)(F)F)c3)CCC2N(c2ncccn2)N2CCOCC2)c1. The summed E-state index contributed by atoms with van der Waals surface area (Å²) in [5, 5.41) is 14.0. The van der Waals surface area contributed by atoms with Gasteiger partial charge in [-0.1, -0.05) is 6.07 Å². The quantitative estimate of drug-likeness (QED) is 0.428. The van der Waals surface area contributed by atoms with Crippen molar-refractivity contribution in [2.24, 2.45) is 5.92 Å². The predicted octanol–water partition coefficient (Wildman–Crippen LogP) is 4.29. The number of carbonyl (C=O) groups excluding carboxylic acids is 1. The Bertz CT molecular complexity index is 1460. The van der Waals surface area contributed by atoms with Crippen LogP contribution in [-0.4, -0.2) is 75.7 Å². The minimum atomic E-state index is -4.56. The number of morpholine rings is 1. The summed E-state index contributed by atoms with van der Waals surface area (Å²) in [6.45, 7) is 2.67. The van der Waals surface area contributed by atoms with Crippen molar-refractivity contribution in [1.29, 1.82) is 5.26 Å². The minimum Gasteiger partial charge on any atom is -0.379 e. The number of piperidine rings is 1. The first-order chi connectivity index (χ1) is 20.3. The number of rotatable bonds is 6. The molecule has 1 saturated carbocycles. The van der Waals surface area contributed by atoms with E-state index in [0.717, 1.165) is 30.5 Å². The van der Waals surface area contributed by atoms with E-state index in [1.54, 1.807) is 29.6 Å². The van der Waals surface area contributed by atoms with Crippen LogP contribution in [0.5, 0.6) is 0 Å². The van der Waals surface area contributed by atoms with Crippen molar-refractivity contribution in [3.05, 3.63) is 83.4 Å². The number of benzene rings is 1. The molecule has 2 aromatic heterocycles. The molecule has 0 N–H and O–H groups in total. The van der Waals surface area contributed by atoms with Crippen molar-refractivity contribution < 1.29 is 22.7 Å². The monoisotopic (exact) mass is 577 g/mol. The van der Waals surface area contributed by atoms with Crippen LogP contribution in [0.1, 0.15) is 52.2 Å². The molecule has 3 aliphatic rings. The fraction of sp³-hybridized carbons (Fsp3) is 0.433. The number of alkyl halides is 3. The lowest BCUT2D eigenvalue weighted by Crippen LogP contribution is -2.63. The van der Waals surface area contributed by atoms with E-state index >= 15 is 0 Å². The van der Waals surface area contributed by atoms with Crippen molar-refractivity contribution in [2.75, 3.05) is 37.9 Å². The van der Waals surface area contributed by atoms with Crippen LogP contribution in [0.3, 0.4) is 0 Å². The van der Waals surface area contributed by atoms with Gasteiger partial charge in [-0.05, 0) is 61.1 Å². The molecule has 2 aliphatic heterocycles. The van der Waals surface area contributed by atoms with Gasteiger partial charge in [0.2, 0.25) is 5.95 Å². The van der Waals surface area contributed by atoms with Gasteiger partial charge in [0, 0.05) is 61.9 Å². The van der Waals surface area contributed by atoms with Crippen LogP contribution < -0.4 is 5.01 Å². The highest BCUT2D eigenvalue weighted by Gasteiger charge is 2.51. The van der Waals surface area contributed by atoms with Crippen molar-refractivity contribution in [3.8, 4) is 6.07 Å². The summed E-state index contributed by atoms with van der Waals surface area (Å²) in [4.78, 5) is 29.3. The number of nitriles is 1. The molecule has 3 fully saturated rings. The molecule has 4 heterocycles. The molecular formula is C30H30F3N7O2. The highest BCUT2D eigenvalue weighted by Crippen LogP contribution is 2.48. The summed E-state index contributed by atoms with van der Waals surface area (Å²) < 4.78 is 46.2. The Morgan fingerprint density at radius 3 is 2.48 bits per heavy atom. The number of hydrazine groups is 1. The van der Waals surface area contributed by atoms with E-state index < -0.39 is 17.6 Å². The van der Waals surface area contributed by atoms with Crippen LogP contribution in [0.25, 0.3) is 0 Å². The van der Waals surface area contributed by atoms with Crippen LogP contribution >= 0.6 is 0 Å². The Morgan fingerprint density at radius 2 is 1.79 bits per heavy atom. The summed E-state index contributed by atoms with van der Waals surface area (Å²) in [7, 11) is 0. The molecule has 3 aromatic rings. The van der Waals surface area contributed by atoms with E-state index in [-0.39, 0.29) is 29.5 Å². The lowest BCUT2D eigenvalue weighted by Gasteiger charge is -2.52. The van der Waals surface area contributed by atoms with E-state index in [1.165, 1.54) is 18.3 Å². The Kier molecular flexibility index (Phi) is 7.79. The minimum absolute atomic E-state index is 0.00741. The molecular weight excluding hydrogens is 547 g/mol. The molecule has 0 radical (unpaired) electrons.